The molecule has 2 aromatic carbocycles. The maximum Gasteiger partial charge on any atom is 0.193 e. The molecule has 0 heterocycles. The van der Waals surface area contributed by atoms with E-state index in [1.165, 1.54) is 0 Å². The number of ketones is 1. The Kier molecular flexibility index (Phi) is 5.43. The van der Waals surface area contributed by atoms with Crippen LogP contribution in [-0.2, 0) is 0 Å². The van der Waals surface area contributed by atoms with E-state index in [-0.39, 0.29) is 5.78 Å². The van der Waals surface area contributed by atoms with Crippen LogP contribution in [0.2, 0.25) is 5.02 Å². The van der Waals surface area contributed by atoms with Crippen molar-refractivity contribution in [3.8, 4) is 5.75 Å². The van der Waals surface area contributed by atoms with Crippen LogP contribution in [0.1, 0.15) is 34.8 Å². The zero-order valence-corrected chi connectivity index (χ0v) is 14.3. The molecule has 21 heavy (non-hydrogen) atoms. The van der Waals surface area contributed by atoms with Crippen molar-refractivity contribution < 1.29 is 9.53 Å². The first-order chi connectivity index (χ1) is 10.0. The van der Waals surface area contributed by atoms with Crippen molar-refractivity contribution in [3.05, 3.63) is 62.6 Å². The second-order valence-electron chi connectivity index (χ2n) is 4.79. The molecule has 0 aliphatic heterocycles. The summed E-state index contributed by atoms with van der Waals surface area (Å²) in [6.45, 7) is 4.59. The van der Waals surface area contributed by atoms with Crippen molar-refractivity contribution in [2.45, 2.75) is 20.3 Å². The first-order valence-electron chi connectivity index (χ1n) is 6.76. The lowest BCUT2D eigenvalue weighted by Crippen LogP contribution is -2.03. The zero-order valence-electron chi connectivity index (χ0n) is 12.0. The topological polar surface area (TPSA) is 26.3 Å². The summed E-state index contributed by atoms with van der Waals surface area (Å²) in [5.41, 5.74) is 2.14. The third-order valence-corrected chi connectivity index (χ3v) is 4.12. The SMILES string of the molecule is CCCOc1ccc(C(=O)c2ccc(Cl)c(C)c2)cc1Br. The molecule has 4 heteroatoms. The highest BCUT2D eigenvalue weighted by atomic mass is 79.9. The molecule has 2 aromatic rings. The second kappa shape index (κ2) is 7.10. The largest absolute Gasteiger partial charge is 0.492 e. The van der Waals surface area contributed by atoms with Gasteiger partial charge in [0.25, 0.3) is 0 Å². The van der Waals surface area contributed by atoms with Gasteiger partial charge in [0, 0.05) is 16.1 Å². The van der Waals surface area contributed by atoms with Crippen molar-refractivity contribution in [1.29, 1.82) is 0 Å². The van der Waals surface area contributed by atoms with Crippen molar-refractivity contribution >= 4 is 33.3 Å². The molecule has 0 atom stereocenters. The smallest absolute Gasteiger partial charge is 0.193 e. The average Bonchev–Trinajstić information content (AvgIpc) is 2.48. The highest BCUT2D eigenvalue weighted by molar-refractivity contribution is 9.10. The molecule has 0 aliphatic carbocycles. The Morgan fingerprint density at radius 3 is 2.48 bits per heavy atom. The Balaban J connectivity index is 2.27. The molecular weight excluding hydrogens is 352 g/mol. The highest BCUT2D eigenvalue weighted by Crippen LogP contribution is 2.27. The normalized spacial score (nSPS) is 10.5. The van der Waals surface area contributed by atoms with Gasteiger partial charge in [0.05, 0.1) is 11.1 Å². The molecule has 0 saturated carbocycles. The molecule has 0 saturated heterocycles. The number of hydrogen-bond acceptors (Lipinski definition) is 2. The van der Waals surface area contributed by atoms with Crippen molar-refractivity contribution in [1.82, 2.24) is 0 Å². The summed E-state index contributed by atoms with van der Waals surface area (Å²) in [7, 11) is 0. The third-order valence-electron chi connectivity index (χ3n) is 3.08. The van der Waals surface area contributed by atoms with E-state index in [9.17, 15) is 4.79 Å². The minimum atomic E-state index is -0.0301. The van der Waals surface area contributed by atoms with Gasteiger partial charge in [0.15, 0.2) is 5.78 Å². The minimum Gasteiger partial charge on any atom is -0.492 e. The molecule has 0 radical (unpaired) electrons. The van der Waals surface area contributed by atoms with E-state index in [2.05, 4.69) is 22.9 Å². The lowest BCUT2D eigenvalue weighted by atomic mass is 10.0. The Morgan fingerprint density at radius 2 is 1.86 bits per heavy atom. The van der Waals surface area contributed by atoms with Crippen molar-refractivity contribution in [3.63, 3.8) is 0 Å². The van der Waals surface area contributed by atoms with Crippen molar-refractivity contribution in [2.75, 3.05) is 6.61 Å². The molecule has 0 bridgehead atoms. The summed E-state index contributed by atoms with van der Waals surface area (Å²) in [5.74, 6) is 0.721. The molecule has 0 spiro atoms. The van der Waals surface area contributed by atoms with E-state index in [0.29, 0.717) is 22.8 Å². The van der Waals surface area contributed by atoms with Crippen LogP contribution in [0.15, 0.2) is 40.9 Å². The summed E-state index contributed by atoms with van der Waals surface area (Å²) >= 11 is 9.44. The van der Waals surface area contributed by atoms with Crippen molar-refractivity contribution in [2.24, 2.45) is 0 Å². The molecule has 2 rings (SSSR count). The van der Waals surface area contributed by atoms with Crippen LogP contribution in [0.4, 0.5) is 0 Å². The van der Waals surface area contributed by atoms with Crippen LogP contribution in [0, 0.1) is 6.92 Å². The van der Waals surface area contributed by atoms with Gasteiger partial charge in [-0.25, -0.2) is 0 Å². The molecule has 110 valence electrons. The van der Waals surface area contributed by atoms with Crippen LogP contribution in [-0.4, -0.2) is 12.4 Å². The molecule has 0 N–H and O–H groups in total. The van der Waals surface area contributed by atoms with E-state index in [1.807, 2.05) is 13.0 Å². The maximum absolute atomic E-state index is 12.5. The van der Waals surface area contributed by atoms with Gasteiger partial charge in [-0.15, -0.1) is 0 Å². The molecule has 0 amide bonds. The Bertz CT molecular complexity index is 668. The average molecular weight is 368 g/mol. The molecule has 2 nitrogen and oxygen atoms in total. The van der Waals surface area contributed by atoms with E-state index in [4.69, 9.17) is 16.3 Å². The van der Waals surface area contributed by atoms with Gasteiger partial charge in [-0.2, -0.15) is 0 Å². The van der Waals surface area contributed by atoms with Crippen LogP contribution < -0.4 is 4.74 Å². The van der Waals surface area contributed by atoms with Crippen LogP contribution >= 0.6 is 27.5 Å². The number of rotatable bonds is 5. The van der Waals surface area contributed by atoms with E-state index in [0.717, 1.165) is 22.2 Å². The first kappa shape index (κ1) is 16.1. The third kappa shape index (κ3) is 3.86. The maximum atomic E-state index is 12.5. The molecule has 0 aromatic heterocycles. The number of benzene rings is 2. The number of carbonyl (C=O) groups is 1. The van der Waals surface area contributed by atoms with Crippen LogP contribution in [0.5, 0.6) is 5.75 Å². The van der Waals surface area contributed by atoms with E-state index in [1.54, 1.807) is 30.3 Å². The minimum absolute atomic E-state index is 0.0301. The number of carbonyl (C=O) groups excluding carboxylic acids is 1. The number of hydrogen-bond donors (Lipinski definition) is 0. The fourth-order valence-electron chi connectivity index (χ4n) is 1.92. The monoisotopic (exact) mass is 366 g/mol. The lowest BCUT2D eigenvalue weighted by molar-refractivity contribution is 0.103. The Labute approximate surface area is 138 Å². The van der Waals surface area contributed by atoms with Gasteiger partial charge in [-0.1, -0.05) is 18.5 Å². The summed E-state index contributed by atoms with van der Waals surface area (Å²) in [5, 5.41) is 0.663. The second-order valence-corrected chi connectivity index (χ2v) is 6.05. The molecule has 0 fully saturated rings. The van der Waals surface area contributed by atoms with Gasteiger partial charge in [0.2, 0.25) is 0 Å². The summed E-state index contributed by atoms with van der Waals surface area (Å²) in [6.07, 6.45) is 0.942. The van der Waals surface area contributed by atoms with E-state index < -0.39 is 0 Å². The highest BCUT2D eigenvalue weighted by Gasteiger charge is 2.12. The summed E-state index contributed by atoms with van der Waals surface area (Å²) in [4.78, 5) is 12.5. The number of aryl methyl sites for hydroxylation is 1. The first-order valence-corrected chi connectivity index (χ1v) is 7.93. The standard InChI is InChI=1S/C17H16BrClO2/c1-3-8-21-16-7-5-13(10-14(16)18)17(20)12-4-6-15(19)11(2)9-12/h4-7,9-10H,3,8H2,1-2H3. The quantitative estimate of drug-likeness (QED) is 0.659. The molecule has 0 aliphatic rings. The number of ether oxygens (including phenoxy) is 1. The zero-order chi connectivity index (χ0) is 15.4. The van der Waals surface area contributed by atoms with Gasteiger partial charge in [0.1, 0.15) is 5.75 Å². The lowest BCUT2D eigenvalue weighted by Gasteiger charge is -2.09. The molecule has 0 unspecified atom stereocenters. The Hall–Kier alpha value is -1.32. The fourth-order valence-corrected chi connectivity index (χ4v) is 2.53. The van der Waals surface area contributed by atoms with Gasteiger partial charge in [-0.3, -0.25) is 4.79 Å². The van der Waals surface area contributed by atoms with Gasteiger partial charge in [-0.05, 0) is 71.2 Å². The molecular formula is C17H16BrClO2. The predicted molar refractivity (Wildman–Crippen MR) is 89.5 cm³/mol. The summed E-state index contributed by atoms with van der Waals surface area (Å²) in [6, 6.07) is 10.7. The summed E-state index contributed by atoms with van der Waals surface area (Å²) < 4.78 is 6.37. The Morgan fingerprint density at radius 1 is 1.19 bits per heavy atom. The number of halogens is 2. The van der Waals surface area contributed by atoms with E-state index >= 15 is 0 Å². The predicted octanol–water partition coefficient (Wildman–Crippen LogP) is 5.43. The van der Waals surface area contributed by atoms with Crippen LogP contribution in [0.3, 0.4) is 0 Å². The van der Waals surface area contributed by atoms with Crippen LogP contribution in [0.25, 0.3) is 0 Å². The van der Waals surface area contributed by atoms with Gasteiger partial charge < -0.3 is 4.74 Å². The fraction of sp³-hybridized carbons (Fsp3) is 0.235. The van der Waals surface area contributed by atoms with Gasteiger partial charge >= 0.3 is 0 Å².